The van der Waals surface area contributed by atoms with E-state index in [0.29, 0.717) is 11.4 Å². The van der Waals surface area contributed by atoms with E-state index in [1.807, 2.05) is 33.8 Å². The summed E-state index contributed by atoms with van der Waals surface area (Å²) in [7, 11) is 0. The molecule has 0 spiro atoms. The molecule has 1 fully saturated rings. The largest absolute Gasteiger partial charge is 0.351 e. The van der Waals surface area contributed by atoms with Gasteiger partial charge in [0.15, 0.2) is 0 Å². The topological polar surface area (TPSA) is 61.4 Å². The van der Waals surface area contributed by atoms with Crippen molar-refractivity contribution >= 4 is 28.2 Å². The number of piperidine rings is 1. The highest BCUT2D eigenvalue weighted by Crippen LogP contribution is 2.28. The number of nitrogens with one attached hydrogen (secondary N) is 2. The van der Waals surface area contributed by atoms with Crippen LogP contribution in [-0.4, -0.2) is 42.9 Å². The molecule has 0 radical (unpaired) electrons. The van der Waals surface area contributed by atoms with Gasteiger partial charge < -0.3 is 15.5 Å². The molecule has 2 amide bonds. The number of amides is 2. The molecule has 0 aliphatic carbocycles. The minimum Gasteiger partial charge on any atom is -0.351 e. The summed E-state index contributed by atoms with van der Waals surface area (Å²) in [6.07, 6.45) is 3.58. The van der Waals surface area contributed by atoms with Gasteiger partial charge in [0.25, 0.3) is 5.91 Å². The van der Waals surface area contributed by atoms with Crippen molar-refractivity contribution in [2.24, 2.45) is 11.3 Å². The van der Waals surface area contributed by atoms with Crippen LogP contribution in [0.5, 0.6) is 0 Å². The van der Waals surface area contributed by atoms with Crippen LogP contribution in [0.1, 0.15) is 62.2 Å². The molecule has 6 heteroatoms. The maximum atomic E-state index is 12.4. The van der Waals surface area contributed by atoms with Gasteiger partial charge in [0.1, 0.15) is 0 Å². The lowest BCUT2D eigenvalue weighted by Crippen LogP contribution is -2.36. The molecular weight excluding hydrogens is 346 g/mol. The molecule has 2 N–H and O–H groups in total. The smallest absolute Gasteiger partial charge is 0.261 e. The Morgan fingerprint density at radius 3 is 2.73 bits per heavy atom. The Bertz CT molecular complexity index is 633. The molecule has 1 atom stereocenters. The van der Waals surface area contributed by atoms with Crippen LogP contribution in [0.3, 0.4) is 0 Å². The highest BCUT2D eigenvalue weighted by molar-refractivity contribution is 7.18. The molecule has 1 aromatic rings. The van der Waals surface area contributed by atoms with Gasteiger partial charge in [0, 0.05) is 18.5 Å². The first kappa shape index (κ1) is 20.9. The van der Waals surface area contributed by atoms with E-state index in [4.69, 9.17) is 0 Å². The average Bonchev–Trinajstić information content (AvgIpc) is 2.91. The number of nitrogens with zero attached hydrogens (tertiary/aromatic N) is 1. The van der Waals surface area contributed by atoms with Crippen LogP contribution in [0, 0.1) is 18.3 Å². The predicted octanol–water partition coefficient (Wildman–Crippen LogP) is 3.89. The molecule has 1 aliphatic rings. The number of carbonyl (C=O) groups excluding carboxylic acids is 2. The predicted molar refractivity (Wildman–Crippen MR) is 109 cm³/mol. The Balaban J connectivity index is 1.79. The lowest BCUT2D eigenvalue weighted by Gasteiger charge is -2.30. The van der Waals surface area contributed by atoms with Gasteiger partial charge in [-0.3, -0.25) is 9.59 Å². The van der Waals surface area contributed by atoms with Crippen molar-refractivity contribution in [3.05, 3.63) is 16.5 Å². The first-order chi connectivity index (χ1) is 12.2. The summed E-state index contributed by atoms with van der Waals surface area (Å²) in [5.74, 6) is 0.700. The molecule has 2 rings (SSSR count). The van der Waals surface area contributed by atoms with Gasteiger partial charge in [-0.25, -0.2) is 0 Å². The van der Waals surface area contributed by atoms with E-state index >= 15 is 0 Å². The second kappa shape index (κ2) is 9.00. The summed E-state index contributed by atoms with van der Waals surface area (Å²) in [6, 6.07) is 1.87. The quantitative estimate of drug-likeness (QED) is 0.737. The third-order valence-electron chi connectivity index (χ3n) is 4.72. The van der Waals surface area contributed by atoms with Gasteiger partial charge in [-0.15, -0.1) is 11.3 Å². The van der Waals surface area contributed by atoms with Gasteiger partial charge in [0.2, 0.25) is 5.91 Å². The summed E-state index contributed by atoms with van der Waals surface area (Å²) < 4.78 is 0. The van der Waals surface area contributed by atoms with E-state index in [9.17, 15) is 9.59 Å². The molecule has 2 heterocycles. The van der Waals surface area contributed by atoms with Crippen LogP contribution >= 0.6 is 11.3 Å². The van der Waals surface area contributed by atoms with Crippen molar-refractivity contribution in [3.8, 4) is 0 Å². The number of anilines is 1. The maximum absolute atomic E-state index is 12.4. The Morgan fingerprint density at radius 1 is 1.35 bits per heavy atom. The second-order valence-corrected chi connectivity index (χ2v) is 9.54. The standard InChI is InChI=1S/C20H33N3O2S/c1-14-8-6-10-23(13-14)11-7-9-21-18(24)17-15(2)12-16(26-17)22-19(25)20(3,4)5/h12,14H,6-11,13H2,1-5H3,(H,21,24)(H,22,25). The molecule has 1 unspecified atom stereocenters. The number of hydrogen-bond donors (Lipinski definition) is 2. The normalized spacial score (nSPS) is 18.6. The molecular formula is C20H33N3O2S. The van der Waals surface area contributed by atoms with E-state index in [-0.39, 0.29) is 11.8 Å². The molecule has 0 aromatic carbocycles. The summed E-state index contributed by atoms with van der Waals surface area (Å²) in [4.78, 5) is 27.7. The second-order valence-electron chi connectivity index (χ2n) is 8.48. The van der Waals surface area contributed by atoms with Crippen LogP contribution in [-0.2, 0) is 4.79 Å². The monoisotopic (exact) mass is 379 g/mol. The summed E-state index contributed by atoms with van der Waals surface area (Å²) in [5.41, 5.74) is 0.452. The number of likely N-dealkylation sites (tertiary alicyclic amines) is 1. The first-order valence-electron chi connectivity index (χ1n) is 9.59. The van der Waals surface area contributed by atoms with Crippen molar-refractivity contribution in [1.82, 2.24) is 10.2 Å². The van der Waals surface area contributed by atoms with Gasteiger partial charge in [-0.1, -0.05) is 27.7 Å². The highest BCUT2D eigenvalue weighted by Gasteiger charge is 2.23. The zero-order valence-electron chi connectivity index (χ0n) is 16.8. The lowest BCUT2D eigenvalue weighted by molar-refractivity contribution is -0.123. The number of thiophene rings is 1. The number of rotatable bonds is 6. The fourth-order valence-electron chi connectivity index (χ4n) is 3.14. The molecule has 0 bridgehead atoms. The molecule has 1 aromatic heterocycles. The SMILES string of the molecule is Cc1cc(NC(=O)C(C)(C)C)sc1C(=O)NCCCN1CCCC(C)C1. The summed E-state index contributed by atoms with van der Waals surface area (Å²) >= 11 is 1.34. The van der Waals surface area contributed by atoms with E-state index in [1.165, 1.54) is 37.3 Å². The van der Waals surface area contributed by atoms with Gasteiger partial charge >= 0.3 is 0 Å². The zero-order valence-corrected chi connectivity index (χ0v) is 17.6. The molecule has 0 saturated carbocycles. The van der Waals surface area contributed by atoms with Crippen LogP contribution in [0.15, 0.2) is 6.07 Å². The Labute approximate surface area is 161 Å². The van der Waals surface area contributed by atoms with Crippen molar-refractivity contribution in [2.75, 3.05) is 31.5 Å². The fraction of sp³-hybridized carbons (Fsp3) is 0.700. The number of aryl methyl sites for hydroxylation is 1. The zero-order chi connectivity index (χ0) is 19.3. The van der Waals surface area contributed by atoms with E-state index < -0.39 is 5.41 Å². The number of hydrogen-bond acceptors (Lipinski definition) is 4. The Hall–Kier alpha value is -1.40. The molecule has 1 saturated heterocycles. The Kier molecular flexibility index (Phi) is 7.24. The minimum atomic E-state index is -0.452. The third-order valence-corrected chi connectivity index (χ3v) is 5.87. The van der Waals surface area contributed by atoms with E-state index in [0.717, 1.165) is 29.4 Å². The van der Waals surface area contributed by atoms with E-state index in [1.54, 1.807) is 0 Å². The molecule has 26 heavy (non-hydrogen) atoms. The average molecular weight is 380 g/mol. The third kappa shape index (κ3) is 6.09. The molecule has 1 aliphatic heterocycles. The van der Waals surface area contributed by atoms with Crippen LogP contribution in [0.4, 0.5) is 5.00 Å². The minimum absolute atomic E-state index is 0.0403. The van der Waals surface area contributed by atoms with Gasteiger partial charge in [-0.2, -0.15) is 0 Å². The summed E-state index contributed by atoms with van der Waals surface area (Å²) in [6.45, 7) is 13.9. The highest BCUT2D eigenvalue weighted by atomic mass is 32.1. The van der Waals surface area contributed by atoms with Crippen LogP contribution in [0.25, 0.3) is 0 Å². The van der Waals surface area contributed by atoms with Crippen molar-refractivity contribution in [1.29, 1.82) is 0 Å². The van der Waals surface area contributed by atoms with Crippen molar-refractivity contribution in [3.63, 3.8) is 0 Å². The lowest BCUT2D eigenvalue weighted by atomic mass is 9.96. The maximum Gasteiger partial charge on any atom is 0.261 e. The molecule has 5 nitrogen and oxygen atoms in total. The molecule has 146 valence electrons. The van der Waals surface area contributed by atoms with Crippen molar-refractivity contribution in [2.45, 2.75) is 53.9 Å². The first-order valence-corrected chi connectivity index (χ1v) is 10.4. The van der Waals surface area contributed by atoms with Gasteiger partial charge in [-0.05, 0) is 56.8 Å². The van der Waals surface area contributed by atoms with Crippen LogP contribution in [0.2, 0.25) is 0 Å². The van der Waals surface area contributed by atoms with E-state index in [2.05, 4.69) is 22.5 Å². The number of carbonyl (C=O) groups is 2. The van der Waals surface area contributed by atoms with Crippen LogP contribution < -0.4 is 10.6 Å². The van der Waals surface area contributed by atoms with Crippen molar-refractivity contribution < 1.29 is 9.59 Å². The fourth-order valence-corrected chi connectivity index (χ4v) is 4.13. The van der Waals surface area contributed by atoms with Gasteiger partial charge in [0.05, 0.1) is 9.88 Å². The Morgan fingerprint density at radius 2 is 2.08 bits per heavy atom. The summed E-state index contributed by atoms with van der Waals surface area (Å²) in [5, 5.41) is 6.66.